The van der Waals surface area contributed by atoms with Gasteiger partial charge in [-0.1, -0.05) is 13.3 Å². The Balaban J connectivity index is 1.93. The van der Waals surface area contributed by atoms with Crippen LogP contribution in [0.3, 0.4) is 0 Å². The summed E-state index contributed by atoms with van der Waals surface area (Å²) >= 11 is 0. The van der Waals surface area contributed by atoms with E-state index in [1.165, 1.54) is 0 Å². The van der Waals surface area contributed by atoms with E-state index in [1.807, 2.05) is 18.2 Å². The molecule has 0 radical (unpaired) electrons. The van der Waals surface area contributed by atoms with Crippen molar-refractivity contribution in [2.24, 2.45) is 0 Å². The molecule has 0 fully saturated rings. The molecule has 134 valence electrons. The standard InChI is InChI=1S/C20H24O5/c1-5-6-12-7-13-8-16(25-17(13)11-15(12)21)14-9-18(22-2)20(24-4)19(10-14)23-3/h7,9-11,16,21H,5-6,8H2,1-4H3. The molecule has 0 amide bonds. The first kappa shape index (κ1) is 17.3. The lowest BCUT2D eigenvalue weighted by Gasteiger charge is -2.17. The number of rotatable bonds is 6. The van der Waals surface area contributed by atoms with Gasteiger partial charge in [0.25, 0.3) is 0 Å². The van der Waals surface area contributed by atoms with Crippen LogP contribution in [0.5, 0.6) is 28.7 Å². The van der Waals surface area contributed by atoms with Crippen molar-refractivity contribution in [2.75, 3.05) is 21.3 Å². The molecule has 1 heterocycles. The van der Waals surface area contributed by atoms with E-state index >= 15 is 0 Å². The molecule has 3 rings (SSSR count). The van der Waals surface area contributed by atoms with E-state index in [0.717, 1.165) is 41.7 Å². The van der Waals surface area contributed by atoms with Crippen molar-refractivity contribution in [1.82, 2.24) is 0 Å². The molecule has 1 N–H and O–H groups in total. The van der Waals surface area contributed by atoms with E-state index in [1.54, 1.807) is 27.4 Å². The van der Waals surface area contributed by atoms with E-state index in [2.05, 4.69) is 6.92 Å². The molecule has 5 nitrogen and oxygen atoms in total. The molecule has 1 atom stereocenters. The topological polar surface area (TPSA) is 57.2 Å². The summed E-state index contributed by atoms with van der Waals surface area (Å²) in [4.78, 5) is 0. The molecule has 5 heteroatoms. The third-order valence-corrected chi connectivity index (χ3v) is 4.51. The Hall–Kier alpha value is -2.56. The minimum atomic E-state index is -0.153. The molecule has 0 spiro atoms. The van der Waals surface area contributed by atoms with Crippen LogP contribution in [0.1, 0.15) is 36.1 Å². The second-order valence-electron chi connectivity index (χ2n) is 6.11. The Morgan fingerprint density at radius 1 is 1.04 bits per heavy atom. The molecule has 0 aromatic heterocycles. The Morgan fingerprint density at radius 3 is 2.28 bits per heavy atom. The summed E-state index contributed by atoms with van der Waals surface area (Å²) in [5.41, 5.74) is 3.03. The number of fused-ring (bicyclic) bond motifs is 1. The number of benzene rings is 2. The number of phenols is 1. The lowest BCUT2D eigenvalue weighted by molar-refractivity contribution is 0.235. The van der Waals surface area contributed by atoms with Crippen LogP contribution in [0.15, 0.2) is 24.3 Å². The Labute approximate surface area is 148 Å². The second kappa shape index (κ2) is 7.13. The van der Waals surface area contributed by atoms with Gasteiger partial charge in [0.05, 0.1) is 21.3 Å². The third kappa shape index (κ3) is 3.18. The van der Waals surface area contributed by atoms with Crippen LogP contribution < -0.4 is 18.9 Å². The van der Waals surface area contributed by atoms with Crippen LogP contribution in [0.4, 0.5) is 0 Å². The first-order valence-electron chi connectivity index (χ1n) is 8.42. The minimum absolute atomic E-state index is 0.153. The zero-order chi connectivity index (χ0) is 18.0. The monoisotopic (exact) mass is 344 g/mol. The Bertz CT molecular complexity index is 744. The zero-order valence-electron chi connectivity index (χ0n) is 15.1. The van der Waals surface area contributed by atoms with Crippen molar-refractivity contribution in [3.63, 3.8) is 0 Å². The number of methoxy groups -OCH3 is 3. The summed E-state index contributed by atoms with van der Waals surface area (Å²) in [5, 5.41) is 10.2. The highest BCUT2D eigenvalue weighted by Crippen LogP contribution is 2.45. The van der Waals surface area contributed by atoms with E-state index < -0.39 is 0 Å². The fourth-order valence-electron chi connectivity index (χ4n) is 3.27. The number of phenolic OH excluding ortho intramolecular Hbond substituents is 1. The molecule has 1 aliphatic rings. The van der Waals surface area contributed by atoms with Crippen LogP contribution in [-0.2, 0) is 12.8 Å². The lowest BCUT2D eigenvalue weighted by atomic mass is 9.99. The second-order valence-corrected chi connectivity index (χ2v) is 6.11. The van der Waals surface area contributed by atoms with Crippen molar-refractivity contribution in [2.45, 2.75) is 32.3 Å². The lowest BCUT2D eigenvalue weighted by Crippen LogP contribution is -2.05. The number of hydrogen-bond donors (Lipinski definition) is 1. The first-order chi connectivity index (χ1) is 12.1. The highest BCUT2D eigenvalue weighted by atomic mass is 16.5. The van der Waals surface area contributed by atoms with Gasteiger partial charge in [0.1, 0.15) is 17.6 Å². The van der Waals surface area contributed by atoms with Gasteiger partial charge in [0.2, 0.25) is 5.75 Å². The summed E-state index contributed by atoms with van der Waals surface area (Å²) in [6.45, 7) is 2.10. The average molecular weight is 344 g/mol. The molecular weight excluding hydrogens is 320 g/mol. The third-order valence-electron chi connectivity index (χ3n) is 4.51. The number of hydrogen-bond acceptors (Lipinski definition) is 5. The fourth-order valence-corrected chi connectivity index (χ4v) is 3.27. The summed E-state index contributed by atoms with van der Waals surface area (Å²) in [6, 6.07) is 7.58. The molecule has 1 aliphatic heterocycles. The number of aryl methyl sites for hydroxylation is 1. The quantitative estimate of drug-likeness (QED) is 0.857. The van der Waals surface area contributed by atoms with Crippen LogP contribution >= 0.6 is 0 Å². The van der Waals surface area contributed by atoms with Crippen molar-refractivity contribution in [1.29, 1.82) is 0 Å². The molecular formula is C20H24O5. The maximum absolute atomic E-state index is 10.2. The Morgan fingerprint density at radius 2 is 1.72 bits per heavy atom. The highest BCUT2D eigenvalue weighted by Gasteiger charge is 2.28. The molecule has 2 aromatic rings. The van der Waals surface area contributed by atoms with Gasteiger partial charge < -0.3 is 24.1 Å². The SMILES string of the molecule is CCCc1cc2c(cc1O)OC(c1cc(OC)c(OC)c(OC)c1)C2. The van der Waals surface area contributed by atoms with Gasteiger partial charge in [0.15, 0.2) is 11.5 Å². The average Bonchev–Trinajstić information content (AvgIpc) is 3.03. The van der Waals surface area contributed by atoms with Gasteiger partial charge in [-0.05, 0) is 35.7 Å². The normalized spacial score (nSPS) is 15.4. The predicted octanol–water partition coefficient (Wildman–Crippen LogP) is 4.05. The molecule has 0 aliphatic carbocycles. The predicted molar refractivity (Wildman–Crippen MR) is 95.3 cm³/mol. The zero-order valence-corrected chi connectivity index (χ0v) is 15.1. The van der Waals surface area contributed by atoms with Crippen molar-refractivity contribution in [3.05, 3.63) is 41.0 Å². The molecule has 2 aromatic carbocycles. The fraction of sp³-hybridized carbons (Fsp3) is 0.400. The first-order valence-corrected chi connectivity index (χ1v) is 8.42. The summed E-state index contributed by atoms with van der Waals surface area (Å²) in [6.07, 6.45) is 2.43. The van der Waals surface area contributed by atoms with Crippen molar-refractivity contribution < 1.29 is 24.1 Å². The van der Waals surface area contributed by atoms with Gasteiger partial charge in [-0.15, -0.1) is 0 Å². The molecule has 1 unspecified atom stereocenters. The highest BCUT2D eigenvalue weighted by molar-refractivity contribution is 5.56. The van der Waals surface area contributed by atoms with Gasteiger partial charge in [-0.3, -0.25) is 0 Å². The number of ether oxygens (including phenoxy) is 4. The molecule has 25 heavy (non-hydrogen) atoms. The summed E-state index contributed by atoms with van der Waals surface area (Å²) in [7, 11) is 4.78. The van der Waals surface area contributed by atoms with E-state index in [0.29, 0.717) is 23.0 Å². The van der Waals surface area contributed by atoms with Gasteiger partial charge in [-0.2, -0.15) is 0 Å². The van der Waals surface area contributed by atoms with E-state index in [-0.39, 0.29) is 6.10 Å². The van der Waals surface area contributed by atoms with Crippen LogP contribution in [0, 0.1) is 0 Å². The maximum Gasteiger partial charge on any atom is 0.203 e. The van der Waals surface area contributed by atoms with E-state index in [9.17, 15) is 5.11 Å². The smallest absolute Gasteiger partial charge is 0.203 e. The van der Waals surface area contributed by atoms with Crippen LogP contribution in [0.25, 0.3) is 0 Å². The van der Waals surface area contributed by atoms with Crippen molar-refractivity contribution in [3.8, 4) is 28.7 Å². The van der Waals surface area contributed by atoms with Gasteiger partial charge >= 0.3 is 0 Å². The minimum Gasteiger partial charge on any atom is -0.508 e. The number of aromatic hydroxyl groups is 1. The van der Waals surface area contributed by atoms with Crippen LogP contribution in [-0.4, -0.2) is 26.4 Å². The van der Waals surface area contributed by atoms with Gasteiger partial charge in [0, 0.05) is 18.1 Å². The molecule has 0 saturated heterocycles. The van der Waals surface area contributed by atoms with E-state index in [4.69, 9.17) is 18.9 Å². The largest absolute Gasteiger partial charge is 0.508 e. The summed E-state index contributed by atoms with van der Waals surface area (Å²) in [5.74, 6) is 2.80. The maximum atomic E-state index is 10.2. The van der Waals surface area contributed by atoms with Crippen LogP contribution in [0.2, 0.25) is 0 Å². The summed E-state index contributed by atoms with van der Waals surface area (Å²) < 4.78 is 22.3. The van der Waals surface area contributed by atoms with Gasteiger partial charge in [-0.25, -0.2) is 0 Å². The Kier molecular flexibility index (Phi) is 4.93. The molecule has 0 bridgehead atoms. The van der Waals surface area contributed by atoms with Crippen molar-refractivity contribution >= 4 is 0 Å². The molecule has 0 saturated carbocycles.